The van der Waals surface area contributed by atoms with Crippen LogP contribution in [0.1, 0.15) is 36.8 Å². The van der Waals surface area contributed by atoms with Crippen molar-refractivity contribution in [2.45, 2.75) is 39.2 Å². The Kier molecular flexibility index (Phi) is 3.91. The number of nitrogens with zero attached hydrogens (tertiary/aromatic N) is 3. The Hall–Kier alpha value is -1.64. The van der Waals surface area contributed by atoms with Crippen LogP contribution in [0.4, 0.5) is 0 Å². The van der Waals surface area contributed by atoms with Crippen molar-refractivity contribution in [3.05, 3.63) is 48.0 Å². The normalized spacial score (nSPS) is 12.6. The number of rotatable bonds is 5. The minimum atomic E-state index is 0.611. The molecule has 0 saturated carbocycles. The lowest BCUT2D eigenvalue weighted by molar-refractivity contribution is 0.503. The Morgan fingerprint density at radius 2 is 2.00 bits per heavy atom. The van der Waals surface area contributed by atoms with E-state index in [-0.39, 0.29) is 0 Å². The van der Waals surface area contributed by atoms with Crippen LogP contribution in [0.25, 0.3) is 0 Å². The van der Waals surface area contributed by atoms with Gasteiger partial charge in [-0.1, -0.05) is 36.8 Å². The molecule has 2 rings (SSSR count). The van der Waals surface area contributed by atoms with E-state index in [9.17, 15) is 0 Å². The molecule has 1 atom stereocenters. The lowest BCUT2D eigenvalue weighted by Crippen LogP contribution is -2.05. The van der Waals surface area contributed by atoms with Crippen LogP contribution in [0.3, 0.4) is 0 Å². The van der Waals surface area contributed by atoms with Crippen LogP contribution in [-0.4, -0.2) is 14.8 Å². The molecule has 1 aromatic heterocycles. The van der Waals surface area contributed by atoms with Crippen molar-refractivity contribution in [3.8, 4) is 0 Å². The second kappa shape index (κ2) is 5.62. The highest BCUT2D eigenvalue weighted by molar-refractivity contribution is 5.24. The van der Waals surface area contributed by atoms with Gasteiger partial charge in [0.15, 0.2) is 0 Å². The van der Waals surface area contributed by atoms with Crippen LogP contribution >= 0.6 is 0 Å². The summed E-state index contributed by atoms with van der Waals surface area (Å²) in [6.45, 7) is 5.30. The summed E-state index contributed by atoms with van der Waals surface area (Å²) >= 11 is 0. The molecule has 0 saturated heterocycles. The Morgan fingerprint density at radius 1 is 1.24 bits per heavy atom. The van der Waals surface area contributed by atoms with Gasteiger partial charge < -0.3 is 0 Å². The fourth-order valence-corrected chi connectivity index (χ4v) is 2.08. The van der Waals surface area contributed by atoms with Crippen LogP contribution in [0.5, 0.6) is 0 Å². The number of aromatic nitrogens is 3. The van der Waals surface area contributed by atoms with Gasteiger partial charge in [0.2, 0.25) is 0 Å². The average Bonchev–Trinajstić information content (AvgIpc) is 2.85. The monoisotopic (exact) mass is 229 g/mol. The van der Waals surface area contributed by atoms with E-state index >= 15 is 0 Å². The van der Waals surface area contributed by atoms with Crippen molar-refractivity contribution in [1.82, 2.24) is 14.8 Å². The van der Waals surface area contributed by atoms with Gasteiger partial charge in [-0.25, -0.2) is 4.98 Å². The smallest absolute Gasteiger partial charge is 0.137 e. The maximum atomic E-state index is 4.14. The van der Waals surface area contributed by atoms with E-state index < -0.39 is 0 Å². The van der Waals surface area contributed by atoms with Crippen LogP contribution in [-0.2, 0) is 6.54 Å². The lowest BCUT2D eigenvalue weighted by Gasteiger charge is -2.15. The molecule has 0 radical (unpaired) electrons. The molecule has 0 aliphatic heterocycles. The standard InChI is InChI=1S/C14H19N3/c1-3-13(8-9-17-11-15-10-16-17)14-6-4-12(2)5-7-14/h4-7,10-11,13H,3,8-9H2,1-2H3/t13-/m0/s1. The molecule has 3 nitrogen and oxygen atoms in total. The fraction of sp³-hybridized carbons (Fsp3) is 0.429. The second-order valence-corrected chi connectivity index (χ2v) is 4.46. The van der Waals surface area contributed by atoms with Gasteiger partial charge in [-0.05, 0) is 31.2 Å². The summed E-state index contributed by atoms with van der Waals surface area (Å²) in [5.41, 5.74) is 2.75. The molecular formula is C14H19N3. The first-order valence-corrected chi connectivity index (χ1v) is 6.18. The third-order valence-electron chi connectivity index (χ3n) is 3.21. The third-order valence-corrected chi connectivity index (χ3v) is 3.21. The molecule has 1 heterocycles. The second-order valence-electron chi connectivity index (χ2n) is 4.46. The van der Waals surface area contributed by atoms with Gasteiger partial charge in [-0.3, -0.25) is 4.68 Å². The van der Waals surface area contributed by atoms with Crippen molar-refractivity contribution in [3.63, 3.8) is 0 Å². The fourth-order valence-electron chi connectivity index (χ4n) is 2.08. The number of hydrogen-bond acceptors (Lipinski definition) is 2. The average molecular weight is 229 g/mol. The molecule has 0 unspecified atom stereocenters. The van der Waals surface area contributed by atoms with Crippen LogP contribution < -0.4 is 0 Å². The van der Waals surface area contributed by atoms with Gasteiger partial charge in [-0.2, -0.15) is 5.10 Å². The molecule has 0 spiro atoms. The van der Waals surface area contributed by atoms with E-state index in [0.29, 0.717) is 5.92 Å². The van der Waals surface area contributed by atoms with Crippen molar-refractivity contribution < 1.29 is 0 Å². The van der Waals surface area contributed by atoms with E-state index in [1.165, 1.54) is 11.1 Å². The molecule has 3 heteroatoms. The molecule has 0 aliphatic carbocycles. The lowest BCUT2D eigenvalue weighted by atomic mass is 9.93. The number of benzene rings is 1. The predicted molar refractivity (Wildman–Crippen MR) is 68.9 cm³/mol. The quantitative estimate of drug-likeness (QED) is 0.788. The van der Waals surface area contributed by atoms with Crippen molar-refractivity contribution >= 4 is 0 Å². The van der Waals surface area contributed by atoms with E-state index in [1.807, 2.05) is 4.68 Å². The number of hydrogen-bond donors (Lipinski definition) is 0. The molecule has 0 bridgehead atoms. The van der Waals surface area contributed by atoms with E-state index in [0.717, 1.165) is 19.4 Å². The first-order chi connectivity index (χ1) is 8.29. The molecule has 17 heavy (non-hydrogen) atoms. The highest BCUT2D eigenvalue weighted by Crippen LogP contribution is 2.23. The topological polar surface area (TPSA) is 30.7 Å². The maximum absolute atomic E-state index is 4.14. The Balaban J connectivity index is 1.99. The predicted octanol–water partition coefficient (Wildman–Crippen LogP) is 3.17. The summed E-state index contributed by atoms with van der Waals surface area (Å²) in [6.07, 6.45) is 5.65. The SMILES string of the molecule is CC[C@@H](CCn1cncn1)c1ccc(C)cc1. The maximum Gasteiger partial charge on any atom is 0.137 e. The largest absolute Gasteiger partial charge is 0.253 e. The van der Waals surface area contributed by atoms with Crippen LogP contribution in [0.15, 0.2) is 36.9 Å². The van der Waals surface area contributed by atoms with E-state index in [2.05, 4.69) is 48.2 Å². The van der Waals surface area contributed by atoms with Crippen LogP contribution in [0, 0.1) is 6.92 Å². The third kappa shape index (κ3) is 3.16. The van der Waals surface area contributed by atoms with Gasteiger partial charge in [-0.15, -0.1) is 0 Å². The zero-order valence-electron chi connectivity index (χ0n) is 10.5. The molecular weight excluding hydrogens is 210 g/mol. The van der Waals surface area contributed by atoms with Gasteiger partial charge in [0, 0.05) is 6.54 Å². The molecule has 0 aliphatic rings. The molecule has 0 amide bonds. The van der Waals surface area contributed by atoms with Crippen LogP contribution in [0.2, 0.25) is 0 Å². The van der Waals surface area contributed by atoms with E-state index in [1.54, 1.807) is 12.7 Å². The van der Waals surface area contributed by atoms with E-state index in [4.69, 9.17) is 0 Å². The Bertz CT molecular complexity index is 431. The zero-order chi connectivity index (χ0) is 12.1. The highest BCUT2D eigenvalue weighted by Gasteiger charge is 2.09. The van der Waals surface area contributed by atoms with Gasteiger partial charge in [0.25, 0.3) is 0 Å². The van der Waals surface area contributed by atoms with Crippen molar-refractivity contribution in [2.75, 3.05) is 0 Å². The summed E-state index contributed by atoms with van der Waals surface area (Å²) in [4.78, 5) is 3.96. The molecule has 90 valence electrons. The first-order valence-electron chi connectivity index (χ1n) is 6.18. The summed E-state index contributed by atoms with van der Waals surface area (Å²) in [6, 6.07) is 8.86. The van der Waals surface area contributed by atoms with Gasteiger partial charge >= 0.3 is 0 Å². The van der Waals surface area contributed by atoms with Gasteiger partial charge in [0.05, 0.1) is 0 Å². The molecule has 0 fully saturated rings. The molecule has 1 aromatic carbocycles. The Morgan fingerprint density at radius 3 is 2.59 bits per heavy atom. The minimum Gasteiger partial charge on any atom is -0.253 e. The van der Waals surface area contributed by atoms with Crippen molar-refractivity contribution in [2.24, 2.45) is 0 Å². The minimum absolute atomic E-state index is 0.611. The number of aryl methyl sites for hydroxylation is 2. The summed E-state index contributed by atoms with van der Waals surface area (Å²) in [5.74, 6) is 0.611. The molecule has 2 aromatic rings. The molecule has 0 N–H and O–H groups in total. The Labute approximate surface area is 103 Å². The summed E-state index contributed by atoms with van der Waals surface area (Å²) in [7, 11) is 0. The highest BCUT2D eigenvalue weighted by atomic mass is 15.3. The zero-order valence-corrected chi connectivity index (χ0v) is 10.5. The summed E-state index contributed by atoms with van der Waals surface area (Å²) in [5, 5.41) is 4.14. The summed E-state index contributed by atoms with van der Waals surface area (Å²) < 4.78 is 1.90. The van der Waals surface area contributed by atoms with Gasteiger partial charge in [0.1, 0.15) is 12.7 Å². The van der Waals surface area contributed by atoms with Crippen molar-refractivity contribution in [1.29, 1.82) is 0 Å². The first kappa shape index (κ1) is 11.8.